The van der Waals surface area contributed by atoms with E-state index in [4.69, 9.17) is 4.74 Å². The first-order chi connectivity index (χ1) is 14.7. The first-order valence-corrected chi connectivity index (χ1v) is 11.2. The summed E-state index contributed by atoms with van der Waals surface area (Å²) in [4.78, 5) is 21.9. The molecule has 3 aliphatic rings. The average Bonchev–Trinajstić information content (AvgIpc) is 3.36. The Morgan fingerprint density at radius 3 is 2.43 bits per heavy atom. The number of nitrogens with zero attached hydrogens (tertiary/aromatic N) is 3. The van der Waals surface area contributed by atoms with Crippen LogP contribution in [-0.4, -0.2) is 60.1 Å². The Bertz CT molecular complexity index is 856. The summed E-state index contributed by atoms with van der Waals surface area (Å²) in [5.41, 5.74) is 2.75. The largest absolute Gasteiger partial charge is 0.381 e. The molecule has 3 aliphatic heterocycles. The van der Waals surface area contributed by atoms with Crippen molar-refractivity contribution in [1.82, 2.24) is 14.8 Å². The fraction of sp³-hybridized carbons (Fsp3) is 0.520. The van der Waals surface area contributed by atoms with Crippen molar-refractivity contribution in [3.05, 3.63) is 66.0 Å². The standard InChI is InChI=1S/C25H31N3O2/c29-23(16-22-8-4-5-12-26-22)28-13-9-24(10-14-28)18-27(17-21-6-2-1-3-7-21)19-25(24)11-15-30-20-25/h1-8,12H,9-11,13-20H2/t25-/m0/s1. The number of rotatable bonds is 4. The second-order valence-corrected chi connectivity index (χ2v) is 9.37. The van der Waals surface area contributed by atoms with Crippen LogP contribution in [-0.2, 0) is 22.5 Å². The van der Waals surface area contributed by atoms with Crippen molar-refractivity contribution in [1.29, 1.82) is 0 Å². The lowest BCUT2D eigenvalue weighted by Gasteiger charge is -2.47. The van der Waals surface area contributed by atoms with Gasteiger partial charge in [0.05, 0.1) is 13.0 Å². The Hall–Kier alpha value is -2.24. The van der Waals surface area contributed by atoms with E-state index in [0.29, 0.717) is 6.42 Å². The third kappa shape index (κ3) is 3.65. The van der Waals surface area contributed by atoms with Gasteiger partial charge in [-0.15, -0.1) is 0 Å². The first-order valence-electron chi connectivity index (χ1n) is 11.2. The van der Waals surface area contributed by atoms with Gasteiger partial charge in [0.25, 0.3) is 0 Å². The SMILES string of the molecule is O=C(Cc1ccccn1)N1CCC2(CC1)CN(Cc1ccccc1)C[C@]21CCOC1. The van der Waals surface area contributed by atoms with Crippen LogP contribution in [0.25, 0.3) is 0 Å². The molecular formula is C25H31N3O2. The summed E-state index contributed by atoms with van der Waals surface area (Å²) in [6.07, 6.45) is 5.48. The van der Waals surface area contributed by atoms with Crippen LogP contribution in [0.2, 0.25) is 0 Å². The number of pyridine rings is 1. The zero-order chi connectivity index (χ0) is 20.4. The van der Waals surface area contributed by atoms with Crippen LogP contribution in [0, 0.1) is 10.8 Å². The fourth-order valence-corrected chi connectivity index (χ4v) is 5.99. The van der Waals surface area contributed by atoms with Gasteiger partial charge in [-0.1, -0.05) is 36.4 Å². The zero-order valence-corrected chi connectivity index (χ0v) is 17.6. The highest BCUT2D eigenvalue weighted by Gasteiger charge is 2.59. The summed E-state index contributed by atoms with van der Waals surface area (Å²) in [7, 11) is 0. The smallest absolute Gasteiger partial charge is 0.228 e. The minimum atomic E-state index is 0.208. The molecule has 1 aromatic carbocycles. The van der Waals surface area contributed by atoms with E-state index < -0.39 is 0 Å². The Labute approximate surface area is 179 Å². The Balaban J connectivity index is 1.27. The molecular weight excluding hydrogens is 374 g/mol. The highest BCUT2D eigenvalue weighted by molar-refractivity contribution is 5.78. The molecule has 2 aromatic rings. The number of carbonyl (C=O) groups is 1. The van der Waals surface area contributed by atoms with Crippen LogP contribution in [0.5, 0.6) is 0 Å². The van der Waals surface area contributed by atoms with E-state index in [9.17, 15) is 4.79 Å². The molecule has 0 bridgehead atoms. The van der Waals surface area contributed by atoms with Crippen LogP contribution in [0.1, 0.15) is 30.5 Å². The normalized spacial score (nSPS) is 25.9. The number of carbonyl (C=O) groups excluding carboxylic acids is 1. The molecule has 0 saturated carbocycles. The minimum Gasteiger partial charge on any atom is -0.381 e. The summed E-state index contributed by atoms with van der Waals surface area (Å²) < 4.78 is 5.95. The Morgan fingerprint density at radius 1 is 0.967 bits per heavy atom. The van der Waals surface area contributed by atoms with Gasteiger partial charge in [0.1, 0.15) is 0 Å². The van der Waals surface area contributed by atoms with Crippen LogP contribution in [0.15, 0.2) is 54.7 Å². The molecule has 158 valence electrons. The van der Waals surface area contributed by atoms with Gasteiger partial charge >= 0.3 is 0 Å². The molecule has 4 heterocycles. The molecule has 0 radical (unpaired) electrons. The van der Waals surface area contributed by atoms with E-state index in [1.54, 1.807) is 6.20 Å². The number of hydrogen-bond donors (Lipinski definition) is 0. The molecule has 0 N–H and O–H groups in total. The van der Waals surface area contributed by atoms with E-state index in [1.165, 1.54) is 5.56 Å². The molecule has 0 aliphatic carbocycles. The molecule has 3 fully saturated rings. The van der Waals surface area contributed by atoms with Crippen molar-refractivity contribution < 1.29 is 9.53 Å². The van der Waals surface area contributed by atoms with Gasteiger partial charge in [-0.05, 0) is 42.4 Å². The molecule has 3 saturated heterocycles. The van der Waals surface area contributed by atoms with E-state index in [0.717, 1.165) is 70.9 Å². The molecule has 5 rings (SSSR count). The topological polar surface area (TPSA) is 45.7 Å². The highest BCUT2D eigenvalue weighted by Crippen LogP contribution is 2.57. The van der Waals surface area contributed by atoms with Crippen molar-refractivity contribution >= 4 is 5.91 Å². The second-order valence-electron chi connectivity index (χ2n) is 9.37. The van der Waals surface area contributed by atoms with E-state index in [2.05, 4.69) is 45.1 Å². The number of hydrogen-bond acceptors (Lipinski definition) is 4. The summed E-state index contributed by atoms with van der Waals surface area (Å²) in [6.45, 7) is 6.70. The van der Waals surface area contributed by atoms with E-state index >= 15 is 0 Å². The third-order valence-corrected chi connectivity index (χ3v) is 7.66. The predicted octanol–water partition coefficient (Wildman–Crippen LogP) is 3.16. The van der Waals surface area contributed by atoms with Crippen molar-refractivity contribution in [2.75, 3.05) is 39.4 Å². The second kappa shape index (κ2) is 8.12. The number of aromatic nitrogens is 1. The lowest BCUT2D eigenvalue weighted by Crippen LogP contribution is -2.51. The number of fused-ring (bicyclic) bond motifs is 1. The van der Waals surface area contributed by atoms with Gasteiger partial charge in [-0.3, -0.25) is 14.7 Å². The Morgan fingerprint density at radius 2 is 1.73 bits per heavy atom. The van der Waals surface area contributed by atoms with Crippen molar-refractivity contribution in [2.45, 2.75) is 32.2 Å². The van der Waals surface area contributed by atoms with E-state index in [-0.39, 0.29) is 16.7 Å². The van der Waals surface area contributed by atoms with Gasteiger partial charge in [0.15, 0.2) is 0 Å². The monoisotopic (exact) mass is 405 g/mol. The van der Waals surface area contributed by atoms with Gasteiger partial charge in [-0.25, -0.2) is 0 Å². The maximum Gasteiger partial charge on any atom is 0.228 e. The van der Waals surface area contributed by atoms with Crippen molar-refractivity contribution in [3.63, 3.8) is 0 Å². The maximum atomic E-state index is 12.8. The molecule has 1 amide bonds. The number of likely N-dealkylation sites (tertiary alicyclic amines) is 2. The first kappa shape index (κ1) is 19.7. The van der Waals surface area contributed by atoms with Crippen LogP contribution in [0.3, 0.4) is 0 Å². The Kier molecular flexibility index (Phi) is 5.34. The quantitative estimate of drug-likeness (QED) is 0.784. The van der Waals surface area contributed by atoms with Crippen LogP contribution < -0.4 is 0 Å². The predicted molar refractivity (Wildman–Crippen MR) is 116 cm³/mol. The summed E-state index contributed by atoms with van der Waals surface area (Å²) in [5, 5.41) is 0. The molecule has 30 heavy (non-hydrogen) atoms. The summed E-state index contributed by atoms with van der Waals surface area (Å²) >= 11 is 0. The van der Waals surface area contributed by atoms with Gasteiger partial charge in [0, 0.05) is 56.6 Å². The summed E-state index contributed by atoms with van der Waals surface area (Å²) in [5.74, 6) is 0.208. The zero-order valence-electron chi connectivity index (χ0n) is 17.6. The lowest BCUT2D eigenvalue weighted by atomic mass is 9.60. The maximum absolute atomic E-state index is 12.8. The number of piperidine rings is 1. The minimum absolute atomic E-state index is 0.208. The number of benzene rings is 1. The third-order valence-electron chi connectivity index (χ3n) is 7.66. The molecule has 1 atom stereocenters. The van der Waals surface area contributed by atoms with Gasteiger partial charge in [0.2, 0.25) is 5.91 Å². The summed E-state index contributed by atoms with van der Waals surface area (Å²) in [6, 6.07) is 16.6. The molecule has 0 unspecified atom stereocenters. The number of amides is 1. The van der Waals surface area contributed by atoms with Crippen molar-refractivity contribution in [2.24, 2.45) is 10.8 Å². The van der Waals surface area contributed by atoms with Gasteiger partial charge in [-0.2, -0.15) is 0 Å². The lowest BCUT2D eigenvalue weighted by molar-refractivity contribution is -0.134. The molecule has 5 nitrogen and oxygen atoms in total. The van der Waals surface area contributed by atoms with Crippen LogP contribution in [0.4, 0.5) is 0 Å². The van der Waals surface area contributed by atoms with Crippen LogP contribution >= 0.6 is 0 Å². The number of ether oxygens (including phenoxy) is 1. The molecule has 2 spiro atoms. The average molecular weight is 406 g/mol. The molecule has 1 aromatic heterocycles. The van der Waals surface area contributed by atoms with Gasteiger partial charge < -0.3 is 9.64 Å². The van der Waals surface area contributed by atoms with E-state index in [1.807, 2.05) is 18.2 Å². The molecule has 5 heteroatoms. The van der Waals surface area contributed by atoms with Crippen molar-refractivity contribution in [3.8, 4) is 0 Å². The highest BCUT2D eigenvalue weighted by atomic mass is 16.5. The fourth-order valence-electron chi connectivity index (χ4n) is 5.99.